The van der Waals surface area contributed by atoms with Crippen LogP contribution in [0.15, 0.2) is 16.1 Å². The largest absolute Gasteiger partial charge is 0.361 e. The van der Waals surface area contributed by atoms with Gasteiger partial charge in [-0.2, -0.15) is 0 Å². The maximum absolute atomic E-state index is 13.0. The number of nitrogens with zero attached hydrogens (tertiary/aromatic N) is 4. The fourth-order valence-electron chi connectivity index (χ4n) is 3.20. The average molecular weight is 334 g/mol. The highest BCUT2D eigenvalue weighted by molar-refractivity contribution is 7.13. The van der Waals surface area contributed by atoms with E-state index >= 15 is 0 Å². The maximum atomic E-state index is 13.0. The van der Waals surface area contributed by atoms with Gasteiger partial charge in [0.1, 0.15) is 5.76 Å². The summed E-state index contributed by atoms with van der Waals surface area (Å²) in [7, 11) is 0. The Morgan fingerprint density at radius 1 is 1.35 bits per heavy atom. The molecule has 3 rings (SSSR count). The molecule has 1 fully saturated rings. The fraction of sp³-hybridized carbons (Fsp3) is 0.562. The van der Waals surface area contributed by atoms with E-state index in [-0.39, 0.29) is 11.8 Å². The minimum absolute atomic E-state index is 0.160. The first-order valence-electron chi connectivity index (χ1n) is 7.97. The molecule has 0 unspecified atom stereocenters. The molecule has 0 bridgehead atoms. The van der Waals surface area contributed by atoms with Crippen molar-refractivity contribution in [2.75, 3.05) is 31.1 Å². The molecule has 124 valence electrons. The molecule has 0 spiro atoms. The summed E-state index contributed by atoms with van der Waals surface area (Å²) in [6.07, 6.45) is 2.58. The van der Waals surface area contributed by atoms with Crippen LogP contribution in [0.25, 0.3) is 0 Å². The quantitative estimate of drug-likeness (QED) is 0.860. The molecule has 1 aliphatic heterocycles. The smallest absolute Gasteiger partial charge is 0.230 e. The summed E-state index contributed by atoms with van der Waals surface area (Å²) in [6, 6.07) is 0. The average Bonchev–Trinajstić information content (AvgIpc) is 3.21. The van der Waals surface area contributed by atoms with Gasteiger partial charge in [0.05, 0.1) is 11.6 Å². The van der Waals surface area contributed by atoms with E-state index in [1.807, 2.05) is 37.2 Å². The van der Waals surface area contributed by atoms with Gasteiger partial charge in [-0.15, -0.1) is 11.3 Å². The van der Waals surface area contributed by atoms with Crippen molar-refractivity contribution in [2.24, 2.45) is 0 Å². The van der Waals surface area contributed by atoms with Crippen LogP contribution in [0.2, 0.25) is 0 Å². The highest BCUT2D eigenvalue weighted by atomic mass is 32.1. The van der Waals surface area contributed by atoms with Crippen molar-refractivity contribution in [1.29, 1.82) is 0 Å². The molecule has 2 aromatic heterocycles. The first kappa shape index (κ1) is 16.0. The molecule has 0 aromatic carbocycles. The summed E-state index contributed by atoms with van der Waals surface area (Å²) in [5.74, 6) is 0.775. The summed E-state index contributed by atoms with van der Waals surface area (Å²) in [5.41, 5.74) is 1.78. The topological polar surface area (TPSA) is 62.5 Å². The van der Waals surface area contributed by atoms with Crippen LogP contribution in [0.4, 0.5) is 5.13 Å². The Morgan fingerprint density at radius 3 is 2.61 bits per heavy atom. The molecule has 3 heterocycles. The number of aromatic nitrogens is 2. The third-order valence-corrected chi connectivity index (χ3v) is 5.26. The number of hydrogen-bond acceptors (Lipinski definition) is 6. The summed E-state index contributed by atoms with van der Waals surface area (Å²) in [6.45, 7) is 8.96. The lowest BCUT2D eigenvalue weighted by atomic mass is 9.93. The summed E-state index contributed by atoms with van der Waals surface area (Å²) in [5, 5.41) is 7.02. The van der Waals surface area contributed by atoms with Crippen LogP contribution in [-0.2, 0) is 4.79 Å². The van der Waals surface area contributed by atoms with Crippen LogP contribution in [0.1, 0.15) is 36.3 Å². The van der Waals surface area contributed by atoms with Gasteiger partial charge < -0.3 is 14.3 Å². The maximum Gasteiger partial charge on any atom is 0.230 e. The van der Waals surface area contributed by atoms with Crippen molar-refractivity contribution in [1.82, 2.24) is 15.0 Å². The van der Waals surface area contributed by atoms with Gasteiger partial charge in [0.25, 0.3) is 0 Å². The number of carbonyl (C=O) groups is 1. The predicted molar refractivity (Wildman–Crippen MR) is 89.9 cm³/mol. The lowest BCUT2D eigenvalue weighted by Crippen LogP contribution is -2.50. The second kappa shape index (κ2) is 6.70. The second-order valence-corrected chi connectivity index (χ2v) is 6.70. The third-order valence-electron chi connectivity index (χ3n) is 4.42. The molecule has 1 saturated heterocycles. The van der Waals surface area contributed by atoms with Crippen molar-refractivity contribution in [3.05, 3.63) is 28.6 Å². The zero-order chi connectivity index (χ0) is 16.4. The molecular formula is C16H22N4O2S. The van der Waals surface area contributed by atoms with E-state index in [1.54, 1.807) is 11.3 Å². The molecular weight excluding hydrogens is 312 g/mol. The normalized spacial score (nSPS) is 16.7. The van der Waals surface area contributed by atoms with Crippen LogP contribution in [0.5, 0.6) is 0 Å². The molecule has 6 nitrogen and oxygen atoms in total. The summed E-state index contributed by atoms with van der Waals surface area (Å²) >= 11 is 1.64. The minimum Gasteiger partial charge on any atom is -0.361 e. The van der Waals surface area contributed by atoms with Gasteiger partial charge in [0.2, 0.25) is 5.91 Å². The Labute approximate surface area is 140 Å². The Morgan fingerprint density at radius 2 is 2.09 bits per heavy atom. The highest BCUT2D eigenvalue weighted by Crippen LogP contribution is 2.29. The van der Waals surface area contributed by atoms with E-state index in [0.717, 1.165) is 54.7 Å². The Hall–Kier alpha value is -1.89. The Kier molecular flexibility index (Phi) is 4.66. The lowest BCUT2D eigenvalue weighted by Gasteiger charge is -2.36. The second-order valence-electron chi connectivity index (χ2n) is 5.83. The number of carbonyl (C=O) groups excluding carboxylic acids is 1. The number of hydrogen-bond donors (Lipinski definition) is 0. The van der Waals surface area contributed by atoms with Gasteiger partial charge in [-0.3, -0.25) is 4.79 Å². The number of anilines is 1. The van der Waals surface area contributed by atoms with Crippen LogP contribution in [-0.4, -0.2) is 47.1 Å². The molecule has 0 N–H and O–H groups in total. The van der Waals surface area contributed by atoms with Crippen LogP contribution < -0.4 is 4.90 Å². The Bertz CT molecular complexity index is 640. The van der Waals surface area contributed by atoms with Gasteiger partial charge in [-0.1, -0.05) is 12.1 Å². The van der Waals surface area contributed by atoms with Crippen molar-refractivity contribution in [3.63, 3.8) is 0 Å². The monoisotopic (exact) mass is 334 g/mol. The standard InChI is InChI=1S/C16H22N4O2S/c1-4-13(14-11(2)18-22-12(14)3)15(21)19-6-8-20(9-7-19)16-17-5-10-23-16/h5,10,13H,4,6-9H2,1-3H3/t13-/m0/s1. The molecule has 0 aliphatic carbocycles. The first-order chi connectivity index (χ1) is 11.1. The van der Waals surface area contributed by atoms with E-state index in [9.17, 15) is 4.79 Å². The fourth-order valence-corrected chi connectivity index (χ4v) is 3.90. The van der Waals surface area contributed by atoms with E-state index < -0.39 is 0 Å². The highest BCUT2D eigenvalue weighted by Gasteiger charge is 2.31. The zero-order valence-electron chi connectivity index (χ0n) is 13.8. The molecule has 1 atom stereocenters. The van der Waals surface area contributed by atoms with Gasteiger partial charge in [-0.25, -0.2) is 4.98 Å². The number of aryl methyl sites for hydroxylation is 2. The zero-order valence-corrected chi connectivity index (χ0v) is 14.6. The molecule has 1 amide bonds. The lowest BCUT2D eigenvalue weighted by molar-refractivity contribution is -0.133. The van der Waals surface area contributed by atoms with Gasteiger partial charge in [-0.05, 0) is 20.3 Å². The van der Waals surface area contributed by atoms with Crippen LogP contribution >= 0.6 is 11.3 Å². The van der Waals surface area contributed by atoms with E-state index in [4.69, 9.17) is 4.52 Å². The summed E-state index contributed by atoms with van der Waals surface area (Å²) < 4.78 is 5.25. The van der Waals surface area contributed by atoms with Crippen molar-refractivity contribution in [3.8, 4) is 0 Å². The molecule has 1 aliphatic rings. The van der Waals surface area contributed by atoms with E-state index in [0.29, 0.717) is 0 Å². The first-order valence-corrected chi connectivity index (χ1v) is 8.85. The summed E-state index contributed by atoms with van der Waals surface area (Å²) in [4.78, 5) is 21.5. The van der Waals surface area contributed by atoms with Crippen molar-refractivity contribution < 1.29 is 9.32 Å². The third kappa shape index (κ3) is 3.10. The minimum atomic E-state index is -0.160. The number of rotatable bonds is 4. The predicted octanol–water partition coefficient (Wildman–Crippen LogP) is 2.59. The van der Waals surface area contributed by atoms with E-state index in [1.165, 1.54) is 0 Å². The van der Waals surface area contributed by atoms with E-state index in [2.05, 4.69) is 15.0 Å². The molecule has 0 radical (unpaired) electrons. The van der Waals surface area contributed by atoms with Gasteiger partial charge >= 0.3 is 0 Å². The number of piperazine rings is 1. The molecule has 23 heavy (non-hydrogen) atoms. The van der Waals surface area contributed by atoms with Gasteiger partial charge in [0, 0.05) is 43.3 Å². The van der Waals surface area contributed by atoms with Crippen molar-refractivity contribution in [2.45, 2.75) is 33.1 Å². The number of thiazole rings is 1. The van der Waals surface area contributed by atoms with Crippen LogP contribution in [0, 0.1) is 13.8 Å². The SMILES string of the molecule is CC[C@H](C(=O)N1CCN(c2nccs2)CC1)c1c(C)noc1C. The van der Waals surface area contributed by atoms with Crippen molar-refractivity contribution >= 4 is 22.4 Å². The molecule has 2 aromatic rings. The van der Waals surface area contributed by atoms with Crippen LogP contribution in [0.3, 0.4) is 0 Å². The number of amides is 1. The molecule has 7 heteroatoms. The van der Waals surface area contributed by atoms with Gasteiger partial charge in [0.15, 0.2) is 5.13 Å². The molecule has 0 saturated carbocycles. The Balaban J connectivity index is 1.68.